The summed E-state index contributed by atoms with van der Waals surface area (Å²) in [6.07, 6.45) is 4.80. The molecule has 0 unspecified atom stereocenters. The van der Waals surface area contributed by atoms with Crippen LogP contribution in [0, 0.1) is 11.3 Å². The highest BCUT2D eigenvalue weighted by Gasteiger charge is 2.35. The molecule has 0 saturated carbocycles. The lowest BCUT2D eigenvalue weighted by Gasteiger charge is -2.27. The maximum atomic E-state index is 14.0. The Balaban J connectivity index is 1.56. The van der Waals surface area contributed by atoms with Gasteiger partial charge in [0.1, 0.15) is 23.1 Å². The van der Waals surface area contributed by atoms with Crippen molar-refractivity contribution in [3.8, 4) is 40.3 Å². The van der Waals surface area contributed by atoms with Gasteiger partial charge in [0.25, 0.3) is 11.8 Å². The number of aromatic nitrogens is 2. The number of nitriles is 1. The predicted octanol–water partition coefficient (Wildman–Crippen LogP) is 6.18. The fourth-order valence-electron chi connectivity index (χ4n) is 5.15. The van der Waals surface area contributed by atoms with Gasteiger partial charge < -0.3 is 14.2 Å². The average Bonchev–Trinajstić information content (AvgIpc) is 3.50. The fraction of sp³-hybridized carbons (Fsp3) is 0.222. The molecule has 0 radical (unpaired) electrons. The van der Waals surface area contributed by atoms with Crippen molar-refractivity contribution in [3.63, 3.8) is 0 Å². The molecule has 1 aromatic heterocycles. The Bertz CT molecular complexity index is 1830. The second kappa shape index (κ2) is 13.8. The molecule has 1 aliphatic heterocycles. The summed E-state index contributed by atoms with van der Waals surface area (Å²) in [5.74, 6) is 0.753. The summed E-state index contributed by atoms with van der Waals surface area (Å²) in [6.45, 7) is 4.34. The number of hydrogen-bond donors (Lipinski definition) is 0. The molecule has 0 spiro atoms. The molecule has 9 heteroatoms. The third kappa shape index (κ3) is 6.50. The van der Waals surface area contributed by atoms with Crippen LogP contribution in [0.5, 0.6) is 17.2 Å². The SMILES string of the molecule is CCCOc1cccc(-c2nn(-c3ccccc3)cc2/C=C2/C(=O)N(CCc3ccc(OC)c(OC)c3)C(=O)C(C#N)=C2C)c1. The van der Waals surface area contributed by atoms with Gasteiger partial charge in [-0.2, -0.15) is 10.4 Å². The molecule has 3 aromatic carbocycles. The van der Waals surface area contributed by atoms with E-state index >= 15 is 0 Å². The summed E-state index contributed by atoms with van der Waals surface area (Å²) in [5.41, 5.74) is 4.28. The van der Waals surface area contributed by atoms with Crippen LogP contribution >= 0.6 is 0 Å². The number of imide groups is 1. The third-order valence-corrected chi connectivity index (χ3v) is 7.54. The second-order valence-corrected chi connectivity index (χ2v) is 10.5. The van der Waals surface area contributed by atoms with Gasteiger partial charge in [0.2, 0.25) is 0 Å². The molecule has 2 heterocycles. The van der Waals surface area contributed by atoms with Crippen molar-refractivity contribution in [1.29, 1.82) is 5.26 Å². The van der Waals surface area contributed by atoms with E-state index in [0.717, 1.165) is 28.1 Å². The number of benzene rings is 3. The first-order valence-electron chi connectivity index (χ1n) is 14.7. The molecule has 0 fully saturated rings. The van der Waals surface area contributed by atoms with Crippen molar-refractivity contribution < 1.29 is 23.8 Å². The van der Waals surface area contributed by atoms with Crippen LogP contribution in [0.4, 0.5) is 0 Å². The van der Waals surface area contributed by atoms with Gasteiger partial charge in [-0.3, -0.25) is 14.5 Å². The lowest BCUT2D eigenvalue weighted by Crippen LogP contribution is -2.43. The predicted molar refractivity (Wildman–Crippen MR) is 171 cm³/mol. The highest BCUT2D eigenvalue weighted by atomic mass is 16.5. The van der Waals surface area contributed by atoms with Crippen molar-refractivity contribution in [1.82, 2.24) is 14.7 Å². The van der Waals surface area contributed by atoms with Crippen LogP contribution in [0.3, 0.4) is 0 Å². The summed E-state index contributed by atoms with van der Waals surface area (Å²) >= 11 is 0. The number of carbonyl (C=O) groups excluding carboxylic acids is 2. The van der Waals surface area contributed by atoms with Crippen LogP contribution in [0.15, 0.2) is 95.7 Å². The van der Waals surface area contributed by atoms with E-state index in [1.54, 1.807) is 38.0 Å². The largest absolute Gasteiger partial charge is 0.494 e. The molecule has 0 aliphatic carbocycles. The number of ether oxygens (including phenoxy) is 3. The molecule has 0 bridgehead atoms. The van der Waals surface area contributed by atoms with Crippen molar-refractivity contribution in [3.05, 3.63) is 107 Å². The van der Waals surface area contributed by atoms with E-state index in [9.17, 15) is 14.9 Å². The Morgan fingerprint density at radius 1 is 0.933 bits per heavy atom. The number of rotatable bonds is 11. The van der Waals surface area contributed by atoms with Gasteiger partial charge in [-0.05, 0) is 73.4 Å². The number of nitrogens with zero attached hydrogens (tertiary/aromatic N) is 4. The minimum absolute atomic E-state index is 0.0693. The molecule has 9 nitrogen and oxygen atoms in total. The highest BCUT2D eigenvalue weighted by Crippen LogP contribution is 2.33. The van der Waals surface area contributed by atoms with Crippen molar-refractivity contribution in [2.24, 2.45) is 0 Å². The minimum Gasteiger partial charge on any atom is -0.494 e. The fourth-order valence-corrected chi connectivity index (χ4v) is 5.15. The summed E-state index contributed by atoms with van der Waals surface area (Å²) < 4.78 is 18.3. The Morgan fingerprint density at radius 3 is 2.42 bits per heavy atom. The Kier molecular flexibility index (Phi) is 9.44. The van der Waals surface area contributed by atoms with Crippen molar-refractivity contribution in [2.75, 3.05) is 27.4 Å². The standard InChI is InChI=1S/C36H34N4O5/c1-5-18-45-29-13-9-10-26(20-29)34-27(23-40(38-34)28-11-7-6-8-12-28)21-30-24(2)31(22-37)36(42)39(35(30)41)17-16-25-14-15-32(43-3)33(19-25)44-4/h6-15,19-21,23H,5,16-18H2,1-4H3/b30-21+. The summed E-state index contributed by atoms with van der Waals surface area (Å²) in [4.78, 5) is 28.4. The quantitative estimate of drug-likeness (QED) is 0.149. The van der Waals surface area contributed by atoms with Gasteiger partial charge in [-0.25, -0.2) is 4.68 Å². The number of para-hydroxylation sites is 1. The normalized spacial score (nSPS) is 14.1. The second-order valence-electron chi connectivity index (χ2n) is 10.5. The maximum absolute atomic E-state index is 14.0. The zero-order valence-electron chi connectivity index (χ0n) is 25.7. The summed E-state index contributed by atoms with van der Waals surface area (Å²) in [5, 5.41) is 14.9. The Hall–Kier alpha value is -5.62. The molecule has 0 N–H and O–H groups in total. The van der Waals surface area contributed by atoms with E-state index in [-0.39, 0.29) is 17.7 Å². The third-order valence-electron chi connectivity index (χ3n) is 7.54. The first-order valence-corrected chi connectivity index (χ1v) is 14.7. The first-order chi connectivity index (χ1) is 21.9. The molecule has 0 saturated heterocycles. The Labute approximate surface area is 262 Å². The van der Waals surface area contributed by atoms with Gasteiger partial charge in [0, 0.05) is 29.4 Å². The first kappa shape index (κ1) is 30.8. The molecule has 4 aromatic rings. The number of hydrogen-bond acceptors (Lipinski definition) is 7. The van der Waals surface area contributed by atoms with Crippen LogP contribution in [0.2, 0.25) is 0 Å². The van der Waals surface area contributed by atoms with Crippen molar-refractivity contribution in [2.45, 2.75) is 26.7 Å². The molecule has 1 aliphatic rings. The van der Waals surface area contributed by atoms with Crippen molar-refractivity contribution >= 4 is 17.9 Å². The minimum atomic E-state index is -0.612. The molecule has 0 atom stereocenters. The molecular formula is C36H34N4O5. The molecular weight excluding hydrogens is 568 g/mol. The van der Waals surface area contributed by atoms with E-state index in [0.29, 0.717) is 47.1 Å². The van der Waals surface area contributed by atoms with Crippen LogP contribution in [-0.2, 0) is 16.0 Å². The topological polar surface area (TPSA) is 107 Å². The Morgan fingerprint density at radius 2 is 1.71 bits per heavy atom. The average molecular weight is 603 g/mol. The number of carbonyl (C=O) groups is 2. The maximum Gasteiger partial charge on any atom is 0.271 e. The smallest absolute Gasteiger partial charge is 0.271 e. The van der Waals surface area contributed by atoms with Gasteiger partial charge in [-0.1, -0.05) is 43.3 Å². The highest BCUT2D eigenvalue weighted by molar-refractivity contribution is 6.19. The van der Waals surface area contributed by atoms with Gasteiger partial charge >= 0.3 is 0 Å². The molecule has 5 rings (SSSR count). The van der Waals surface area contributed by atoms with Gasteiger partial charge in [0.15, 0.2) is 11.5 Å². The molecule has 228 valence electrons. The monoisotopic (exact) mass is 602 g/mol. The van der Waals surface area contributed by atoms with E-state index in [1.807, 2.05) is 85.9 Å². The summed E-state index contributed by atoms with van der Waals surface area (Å²) in [7, 11) is 3.10. The lowest BCUT2D eigenvalue weighted by atomic mass is 9.93. The zero-order chi connectivity index (χ0) is 31.9. The van der Waals surface area contributed by atoms with Gasteiger partial charge in [0.05, 0.1) is 26.5 Å². The molecule has 45 heavy (non-hydrogen) atoms. The van der Waals surface area contributed by atoms with E-state index in [4.69, 9.17) is 19.3 Å². The summed E-state index contributed by atoms with van der Waals surface area (Å²) in [6, 6.07) is 24.8. The van der Waals surface area contributed by atoms with Crippen LogP contribution in [0.1, 0.15) is 31.4 Å². The lowest BCUT2D eigenvalue weighted by molar-refractivity contribution is -0.140. The molecule has 2 amide bonds. The number of amides is 2. The van der Waals surface area contributed by atoms with Crippen LogP contribution in [-0.4, -0.2) is 53.9 Å². The van der Waals surface area contributed by atoms with Crippen LogP contribution < -0.4 is 14.2 Å². The zero-order valence-corrected chi connectivity index (χ0v) is 25.7. The van der Waals surface area contributed by atoms with Crippen LogP contribution in [0.25, 0.3) is 23.0 Å². The van der Waals surface area contributed by atoms with E-state index in [1.165, 1.54) is 0 Å². The van der Waals surface area contributed by atoms with E-state index in [2.05, 4.69) is 0 Å². The van der Waals surface area contributed by atoms with E-state index < -0.39 is 11.8 Å². The van der Waals surface area contributed by atoms with Gasteiger partial charge in [-0.15, -0.1) is 0 Å². The number of methoxy groups -OCH3 is 2.